The third-order valence-corrected chi connectivity index (χ3v) is 7.45. The number of alkyl halides is 3. The molecular formula is C34H40F3N3O3. The van der Waals surface area contributed by atoms with Crippen LogP contribution in [0.15, 0.2) is 79.0 Å². The Hall–Kier alpha value is -4.11. The highest BCUT2D eigenvalue weighted by atomic mass is 19.4. The lowest BCUT2D eigenvalue weighted by Gasteiger charge is -2.32. The number of rotatable bonds is 9. The van der Waals surface area contributed by atoms with Crippen LogP contribution in [0, 0.1) is 0 Å². The first-order chi connectivity index (χ1) is 20.2. The third-order valence-electron chi connectivity index (χ3n) is 7.45. The van der Waals surface area contributed by atoms with Crippen LogP contribution in [0.25, 0.3) is 16.6 Å². The lowest BCUT2D eigenvalue weighted by molar-refractivity contribution is -0.192. The first-order valence-electron chi connectivity index (χ1n) is 14.3. The van der Waals surface area contributed by atoms with Crippen LogP contribution in [0.2, 0.25) is 0 Å². The van der Waals surface area contributed by atoms with Crippen LogP contribution in [0.4, 0.5) is 18.9 Å². The van der Waals surface area contributed by atoms with Gasteiger partial charge in [0.15, 0.2) is 0 Å². The number of carbonyl (C=O) groups is 2. The molecule has 0 atom stereocenters. The standard InChI is InChI=1S/C32H39N3O.C2HF3O2/c1-7-34(8-2)22-32(5,6)24-17-19-25(20-18-24)33-31(36)28-21-35(30-16-12-10-14-27(28)30)29-15-11-9-13-26(29)23(3)4;3-2(4,5)1(6)7/h9-21,23H,7-8,22H2,1-6H3,(H,33,36);(H,6,7). The topological polar surface area (TPSA) is 74.6 Å². The van der Waals surface area contributed by atoms with E-state index >= 15 is 0 Å². The minimum atomic E-state index is -5.08. The largest absolute Gasteiger partial charge is 0.490 e. The van der Waals surface area contributed by atoms with Crippen molar-refractivity contribution in [2.45, 2.75) is 59.1 Å². The monoisotopic (exact) mass is 595 g/mol. The van der Waals surface area contributed by atoms with Crippen molar-refractivity contribution in [3.05, 3.63) is 95.7 Å². The normalized spacial score (nSPS) is 11.9. The van der Waals surface area contributed by atoms with E-state index in [1.807, 2.05) is 36.5 Å². The van der Waals surface area contributed by atoms with E-state index in [-0.39, 0.29) is 11.3 Å². The molecule has 4 aromatic rings. The van der Waals surface area contributed by atoms with Crippen LogP contribution < -0.4 is 5.32 Å². The van der Waals surface area contributed by atoms with E-state index in [1.54, 1.807) is 0 Å². The second-order valence-electron chi connectivity index (χ2n) is 11.3. The summed E-state index contributed by atoms with van der Waals surface area (Å²) in [6.45, 7) is 16.5. The van der Waals surface area contributed by atoms with Gasteiger partial charge in [-0.3, -0.25) is 4.79 Å². The zero-order valence-electron chi connectivity index (χ0n) is 25.5. The number of aromatic nitrogens is 1. The molecule has 2 N–H and O–H groups in total. The van der Waals surface area contributed by atoms with Crippen molar-refractivity contribution in [2.75, 3.05) is 25.0 Å². The van der Waals surface area contributed by atoms with E-state index in [2.05, 4.69) is 98.8 Å². The van der Waals surface area contributed by atoms with Crippen molar-refractivity contribution in [3.8, 4) is 5.69 Å². The molecule has 1 amide bonds. The van der Waals surface area contributed by atoms with Gasteiger partial charge in [-0.2, -0.15) is 13.2 Å². The molecule has 0 spiro atoms. The molecule has 0 saturated heterocycles. The molecule has 0 aliphatic rings. The molecule has 0 radical (unpaired) electrons. The Labute approximate surface area is 251 Å². The van der Waals surface area contributed by atoms with Crippen molar-refractivity contribution in [1.29, 1.82) is 0 Å². The molecule has 0 aliphatic carbocycles. The molecule has 6 nitrogen and oxygen atoms in total. The first-order valence-corrected chi connectivity index (χ1v) is 14.3. The van der Waals surface area contributed by atoms with Gasteiger partial charge >= 0.3 is 12.1 Å². The number of likely N-dealkylation sites (N-methyl/N-ethyl adjacent to an activating group) is 1. The molecule has 0 saturated carbocycles. The average molecular weight is 596 g/mol. The minimum Gasteiger partial charge on any atom is -0.475 e. The second kappa shape index (κ2) is 13.9. The number of fused-ring (bicyclic) bond motifs is 1. The smallest absolute Gasteiger partial charge is 0.475 e. The van der Waals surface area contributed by atoms with E-state index in [0.29, 0.717) is 11.5 Å². The Balaban J connectivity index is 0.000000646. The highest BCUT2D eigenvalue weighted by Crippen LogP contribution is 2.31. The van der Waals surface area contributed by atoms with Crippen molar-refractivity contribution >= 4 is 28.5 Å². The number of anilines is 1. The first kappa shape index (κ1) is 33.4. The van der Waals surface area contributed by atoms with E-state index in [9.17, 15) is 18.0 Å². The van der Waals surface area contributed by atoms with Crippen LogP contribution in [0.3, 0.4) is 0 Å². The molecule has 0 unspecified atom stereocenters. The predicted molar refractivity (Wildman–Crippen MR) is 166 cm³/mol. The number of hydrogen-bond donors (Lipinski definition) is 2. The van der Waals surface area contributed by atoms with Crippen molar-refractivity contribution in [1.82, 2.24) is 9.47 Å². The third kappa shape index (κ3) is 8.26. The summed E-state index contributed by atoms with van der Waals surface area (Å²) in [6, 6.07) is 24.9. The van der Waals surface area contributed by atoms with Crippen LogP contribution in [0.1, 0.15) is 68.9 Å². The quantitative estimate of drug-likeness (QED) is 0.204. The maximum atomic E-state index is 13.5. The Morgan fingerprint density at radius 3 is 2.02 bits per heavy atom. The predicted octanol–water partition coefficient (Wildman–Crippen LogP) is 8.26. The van der Waals surface area contributed by atoms with Crippen LogP contribution >= 0.6 is 0 Å². The Morgan fingerprint density at radius 2 is 1.47 bits per heavy atom. The fourth-order valence-electron chi connectivity index (χ4n) is 5.06. The number of amides is 1. The Kier molecular flexibility index (Phi) is 10.8. The maximum Gasteiger partial charge on any atom is 0.490 e. The lowest BCUT2D eigenvalue weighted by Crippen LogP contribution is -2.36. The highest BCUT2D eigenvalue weighted by Gasteiger charge is 2.38. The highest BCUT2D eigenvalue weighted by molar-refractivity contribution is 6.13. The van der Waals surface area contributed by atoms with Gasteiger partial charge in [-0.1, -0.05) is 90.1 Å². The van der Waals surface area contributed by atoms with Gasteiger partial charge in [-0.15, -0.1) is 0 Å². The van der Waals surface area contributed by atoms with Gasteiger partial charge in [-0.05, 0) is 54.4 Å². The summed E-state index contributed by atoms with van der Waals surface area (Å²) in [5, 5.41) is 11.2. The van der Waals surface area contributed by atoms with Crippen molar-refractivity contribution < 1.29 is 27.9 Å². The summed E-state index contributed by atoms with van der Waals surface area (Å²) in [7, 11) is 0. The molecule has 1 heterocycles. The number of hydrogen-bond acceptors (Lipinski definition) is 3. The van der Waals surface area contributed by atoms with Crippen LogP contribution in [-0.4, -0.2) is 52.3 Å². The zero-order chi connectivity index (χ0) is 31.9. The van der Waals surface area contributed by atoms with E-state index in [1.165, 1.54) is 11.1 Å². The van der Waals surface area contributed by atoms with Gasteiger partial charge in [0.2, 0.25) is 0 Å². The molecule has 0 fully saturated rings. The van der Waals surface area contributed by atoms with Crippen LogP contribution in [-0.2, 0) is 10.2 Å². The van der Waals surface area contributed by atoms with Crippen LogP contribution in [0.5, 0.6) is 0 Å². The number of para-hydroxylation sites is 2. The number of benzene rings is 3. The Morgan fingerprint density at radius 1 is 0.907 bits per heavy atom. The number of nitrogens with one attached hydrogen (secondary N) is 1. The zero-order valence-corrected chi connectivity index (χ0v) is 25.5. The number of carboxylic acids is 1. The molecule has 230 valence electrons. The maximum absolute atomic E-state index is 13.5. The number of carbonyl (C=O) groups excluding carboxylic acids is 1. The molecule has 1 aromatic heterocycles. The van der Waals surface area contributed by atoms with E-state index in [4.69, 9.17) is 9.90 Å². The molecular weight excluding hydrogens is 555 g/mol. The van der Waals surface area contributed by atoms with Gasteiger partial charge in [0.25, 0.3) is 5.91 Å². The fourth-order valence-corrected chi connectivity index (χ4v) is 5.06. The van der Waals surface area contributed by atoms with Gasteiger partial charge in [0, 0.05) is 34.9 Å². The van der Waals surface area contributed by atoms with Gasteiger partial charge < -0.3 is 19.9 Å². The molecule has 0 bridgehead atoms. The summed E-state index contributed by atoms with van der Waals surface area (Å²) in [6.07, 6.45) is -3.11. The minimum absolute atomic E-state index is 0.0335. The van der Waals surface area contributed by atoms with Crippen molar-refractivity contribution in [2.24, 2.45) is 0 Å². The van der Waals surface area contributed by atoms with Crippen molar-refractivity contribution in [3.63, 3.8) is 0 Å². The molecule has 3 aromatic carbocycles. The summed E-state index contributed by atoms with van der Waals surface area (Å²) in [4.78, 5) is 24.8. The van der Waals surface area contributed by atoms with Gasteiger partial charge in [0.05, 0.1) is 11.1 Å². The van der Waals surface area contributed by atoms with E-state index < -0.39 is 12.1 Å². The summed E-state index contributed by atoms with van der Waals surface area (Å²) < 4.78 is 33.9. The summed E-state index contributed by atoms with van der Waals surface area (Å²) in [5.41, 5.74) is 6.19. The molecule has 43 heavy (non-hydrogen) atoms. The number of nitrogens with zero attached hydrogens (tertiary/aromatic N) is 2. The van der Waals surface area contributed by atoms with Gasteiger partial charge in [0.1, 0.15) is 0 Å². The van der Waals surface area contributed by atoms with Gasteiger partial charge in [-0.25, -0.2) is 4.79 Å². The number of aliphatic carboxylic acids is 1. The number of halogens is 3. The molecule has 9 heteroatoms. The molecule has 4 rings (SSSR count). The van der Waals surface area contributed by atoms with E-state index in [0.717, 1.165) is 41.9 Å². The number of carboxylic acid groups (broad SMARTS) is 1. The Bertz CT molecular complexity index is 1540. The second-order valence-corrected chi connectivity index (χ2v) is 11.3. The lowest BCUT2D eigenvalue weighted by atomic mass is 9.84. The molecule has 0 aliphatic heterocycles. The SMILES string of the molecule is CCN(CC)CC(C)(C)c1ccc(NC(=O)c2cn(-c3ccccc3C(C)C)c3ccccc23)cc1.O=C(O)C(F)(F)F. The summed E-state index contributed by atoms with van der Waals surface area (Å²) in [5.74, 6) is -2.47. The summed E-state index contributed by atoms with van der Waals surface area (Å²) >= 11 is 0. The fraction of sp³-hybridized carbons (Fsp3) is 0.353. The average Bonchev–Trinajstić information content (AvgIpc) is 3.36.